The number of nitrogens with zero attached hydrogens (tertiary/aromatic N) is 2. The third-order valence-corrected chi connectivity index (χ3v) is 6.40. The summed E-state index contributed by atoms with van der Waals surface area (Å²) in [6.07, 6.45) is -3.20. The Bertz CT molecular complexity index is 1090. The van der Waals surface area contributed by atoms with Gasteiger partial charge in [0.15, 0.2) is 0 Å². The minimum absolute atomic E-state index is 0.120. The Hall–Kier alpha value is -3.08. The zero-order chi connectivity index (χ0) is 25.5. The van der Waals surface area contributed by atoms with Crippen LogP contribution in [0.4, 0.5) is 18.9 Å². The van der Waals surface area contributed by atoms with Crippen LogP contribution in [0.15, 0.2) is 54.6 Å². The SMILES string of the molecule is CCC(C(=O)NC)N(CCc1ccccc1)C(=O)CN(c1cccc(C(F)(F)F)c1)S(C)(=O)=O. The van der Waals surface area contributed by atoms with Crippen LogP contribution in [0, 0.1) is 0 Å². The average molecular weight is 500 g/mol. The smallest absolute Gasteiger partial charge is 0.357 e. The number of alkyl halides is 3. The van der Waals surface area contributed by atoms with E-state index in [9.17, 15) is 31.2 Å². The lowest BCUT2D eigenvalue weighted by Gasteiger charge is -2.32. The number of hydrogen-bond donors (Lipinski definition) is 1. The number of carbonyl (C=O) groups is 2. The van der Waals surface area contributed by atoms with Crippen LogP contribution >= 0.6 is 0 Å². The van der Waals surface area contributed by atoms with Crippen molar-refractivity contribution in [1.29, 1.82) is 0 Å². The van der Waals surface area contributed by atoms with Crippen molar-refractivity contribution in [3.8, 4) is 0 Å². The summed E-state index contributed by atoms with van der Waals surface area (Å²) in [5.41, 5.74) is -0.421. The molecule has 0 aliphatic rings. The van der Waals surface area contributed by atoms with Crippen molar-refractivity contribution in [3.63, 3.8) is 0 Å². The molecule has 0 aromatic heterocycles. The maximum Gasteiger partial charge on any atom is 0.416 e. The average Bonchev–Trinajstić information content (AvgIpc) is 2.79. The molecule has 2 aromatic rings. The van der Waals surface area contributed by atoms with E-state index in [1.54, 1.807) is 6.92 Å². The molecule has 0 spiro atoms. The molecule has 2 amide bonds. The number of anilines is 1. The Morgan fingerprint density at radius 1 is 1.06 bits per heavy atom. The fourth-order valence-electron chi connectivity index (χ4n) is 3.51. The molecule has 11 heteroatoms. The fourth-order valence-corrected chi connectivity index (χ4v) is 4.36. The Labute approximate surface area is 197 Å². The summed E-state index contributed by atoms with van der Waals surface area (Å²) in [6.45, 7) is 1.08. The lowest BCUT2D eigenvalue weighted by Crippen LogP contribution is -2.52. The Morgan fingerprint density at radius 3 is 2.24 bits per heavy atom. The number of carbonyl (C=O) groups excluding carboxylic acids is 2. The highest BCUT2D eigenvalue weighted by molar-refractivity contribution is 7.92. The van der Waals surface area contributed by atoms with Gasteiger partial charge in [0.1, 0.15) is 12.6 Å². The quantitative estimate of drug-likeness (QED) is 0.545. The Balaban J connectivity index is 2.39. The lowest BCUT2D eigenvalue weighted by atomic mass is 10.1. The second kappa shape index (κ2) is 11.4. The zero-order valence-electron chi connectivity index (χ0n) is 19.2. The van der Waals surface area contributed by atoms with Crippen molar-refractivity contribution in [1.82, 2.24) is 10.2 Å². The first-order valence-electron chi connectivity index (χ1n) is 10.6. The van der Waals surface area contributed by atoms with E-state index in [0.717, 1.165) is 24.0 Å². The molecule has 0 radical (unpaired) electrons. The summed E-state index contributed by atoms with van der Waals surface area (Å²) in [5, 5.41) is 2.50. The van der Waals surface area contributed by atoms with E-state index in [4.69, 9.17) is 0 Å². The number of nitrogens with one attached hydrogen (secondary N) is 1. The molecule has 0 saturated carbocycles. The van der Waals surface area contributed by atoms with E-state index in [1.165, 1.54) is 18.0 Å². The van der Waals surface area contributed by atoms with Crippen molar-refractivity contribution >= 4 is 27.5 Å². The molecule has 1 N–H and O–H groups in total. The van der Waals surface area contributed by atoms with Gasteiger partial charge in [0.2, 0.25) is 21.8 Å². The molecule has 0 aliphatic heterocycles. The summed E-state index contributed by atoms with van der Waals surface area (Å²) < 4.78 is 65.0. The molecule has 2 rings (SSSR count). The standard InChI is InChI=1S/C23H28F3N3O4S/c1-4-20(22(31)27-2)28(14-13-17-9-6-5-7-10-17)21(30)16-29(34(3,32)33)19-12-8-11-18(15-19)23(24,25)26/h5-12,15,20H,4,13-14,16H2,1-3H3,(H,27,31). The largest absolute Gasteiger partial charge is 0.416 e. The molecule has 186 valence electrons. The van der Waals surface area contributed by atoms with Crippen molar-refractivity contribution < 1.29 is 31.2 Å². The van der Waals surface area contributed by atoms with E-state index >= 15 is 0 Å². The van der Waals surface area contributed by atoms with Crippen molar-refractivity contribution in [2.24, 2.45) is 0 Å². The summed E-state index contributed by atoms with van der Waals surface area (Å²) in [6, 6.07) is 12.1. The summed E-state index contributed by atoms with van der Waals surface area (Å²) in [5.74, 6) is -1.12. The van der Waals surface area contributed by atoms with Crippen molar-refractivity contribution in [2.45, 2.75) is 32.0 Å². The van der Waals surface area contributed by atoms with Gasteiger partial charge in [0.05, 0.1) is 17.5 Å². The van der Waals surface area contributed by atoms with Gasteiger partial charge in [-0.25, -0.2) is 8.42 Å². The van der Waals surface area contributed by atoms with E-state index in [0.29, 0.717) is 16.8 Å². The first-order valence-corrected chi connectivity index (χ1v) is 12.4. The first kappa shape index (κ1) is 27.2. The molecule has 0 saturated heterocycles. The molecule has 34 heavy (non-hydrogen) atoms. The third-order valence-electron chi connectivity index (χ3n) is 5.26. The van der Waals surface area contributed by atoms with Gasteiger partial charge in [0, 0.05) is 13.6 Å². The maximum atomic E-state index is 13.3. The number of hydrogen-bond acceptors (Lipinski definition) is 4. The number of benzene rings is 2. The van der Waals surface area contributed by atoms with Gasteiger partial charge in [-0.1, -0.05) is 43.3 Å². The lowest BCUT2D eigenvalue weighted by molar-refractivity contribution is -0.139. The van der Waals surface area contributed by atoms with Crippen molar-refractivity contribution in [3.05, 3.63) is 65.7 Å². The molecule has 0 fully saturated rings. The van der Waals surface area contributed by atoms with Crippen LogP contribution in [0.3, 0.4) is 0 Å². The number of sulfonamides is 1. The topological polar surface area (TPSA) is 86.8 Å². The van der Waals surface area contributed by atoms with Gasteiger partial charge in [-0.05, 0) is 36.6 Å². The highest BCUT2D eigenvalue weighted by Crippen LogP contribution is 2.32. The molecule has 2 aromatic carbocycles. The Kier molecular flexibility index (Phi) is 9.08. The summed E-state index contributed by atoms with van der Waals surface area (Å²) in [7, 11) is -2.69. The number of rotatable bonds is 10. The predicted octanol–water partition coefficient (Wildman–Crippen LogP) is 3.07. The van der Waals surface area contributed by atoms with Crippen LogP contribution in [0.5, 0.6) is 0 Å². The van der Waals surface area contributed by atoms with Crippen LogP contribution in [0.1, 0.15) is 24.5 Å². The van der Waals surface area contributed by atoms with E-state index in [-0.39, 0.29) is 18.7 Å². The number of likely N-dealkylation sites (N-methyl/N-ethyl adjacent to an activating group) is 1. The van der Waals surface area contributed by atoms with Crippen LogP contribution in [0.2, 0.25) is 0 Å². The van der Waals surface area contributed by atoms with E-state index in [2.05, 4.69) is 5.32 Å². The van der Waals surface area contributed by atoms with Crippen molar-refractivity contribution in [2.75, 3.05) is 30.7 Å². The minimum Gasteiger partial charge on any atom is -0.357 e. The van der Waals surface area contributed by atoms with Crippen LogP contribution < -0.4 is 9.62 Å². The van der Waals surface area contributed by atoms with E-state index in [1.807, 2.05) is 30.3 Å². The molecular weight excluding hydrogens is 471 g/mol. The monoisotopic (exact) mass is 499 g/mol. The number of amides is 2. The molecule has 0 heterocycles. The highest BCUT2D eigenvalue weighted by atomic mass is 32.2. The predicted molar refractivity (Wildman–Crippen MR) is 124 cm³/mol. The zero-order valence-corrected chi connectivity index (χ0v) is 20.0. The van der Waals surface area contributed by atoms with Gasteiger partial charge in [-0.2, -0.15) is 13.2 Å². The van der Waals surface area contributed by atoms with E-state index < -0.39 is 46.2 Å². The molecular formula is C23H28F3N3O4S. The van der Waals surface area contributed by atoms with Gasteiger partial charge in [-0.3, -0.25) is 13.9 Å². The van der Waals surface area contributed by atoms with Gasteiger partial charge >= 0.3 is 6.18 Å². The summed E-state index contributed by atoms with van der Waals surface area (Å²) in [4.78, 5) is 27.0. The second-order valence-electron chi connectivity index (χ2n) is 7.68. The second-order valence-corrected chi connectivity index (χ2v) is 9.59. The molecule has 7 nitrogen and oxygen atoms in total. The molecule has 0 bridgehead atoms. The van der Waals surface area contributed by atoms with Crippen LogP contribution in [0.25, 0.3) is 0 Å². The normalized spacial score (nSPS) is 12.6. The molecule has 1 atom stereocenters. The maximum absolute atomic E-state index is 13.3. The third kappa shape index (κ3) is 7.21. The number of halogens is 3. The molecule has 1 unspecified atom stereocenters. The summed E-state index contributed by atoms with van der Waals surface area (Å²) >= 11 is 0. The molecule has 0 aliphatic carbocycles. The van der Waals surface area contributed by atoms with Crippen LogP contribution in [-0.2, 0) is 32.2 Å². The van der Waals surface area contributed by atoms with Gasteiger partial charge in [0.25, 0.3) is 0 Å². The first-order chi connectivity index (χ1) is 15.9. The van der Waals surface area contributed by atoms with Crippen LogP contribution in [-0.4, -0.2) is 57.6 Å². The Morgan fingerprint density at radius 2 is 1.71 bits per heavy atom. The van der Waals surface area contributed by atoms with Gasteiger partial charge in [-0.15, -0.1) is 0 Å². The fraction of sp³-hybridized carbons (Fsp3) is 0.391. The highest BCUT2D eigenvalue weighted by Gasteiger charge is 2.34. The minimum atomic E-state index is -4.68. The van der Waals surface area contributed by atoms with Gasteiger partial charge < -0.3 is 10.2 Å².